The Morgan fingerprint density at radius 1 is 1.22 bits per heavy atom. The minimum absolute atomic E-state index is 0.123. The number of hydrogen-bond acceptors (Lipinski definition) is 5. The van der Waals surface area contributed by atoms with Crippen LogP contribution in [-0.2, 0) is 12.7 Å². The van der Waals surface area contributed by atoms with E-state index in [0.717, 1.165) is 17.7 Å². The normalized spacial score (nSPS) is 14.6. The van der Waals surface area contributed by atoms with Gasteiger partial charge in [-0.2, -0.15) is 18.3 Å². The highest BCUT2D eigenvalue weighted by atomic mass is 32.1. The third-order valence-corrected chi connectivity index (χ3v) is 7.13. The monoisotopic (exact) mass is 511 g/mol. The van der Waals surface area contributed by atoms with Gasteiger partial charge in [-0.05, 0) is 65.6 Å². The number of rotatable bonds is 7. The molecule has 0 saturated heterocycles. The fourth-order valence-electron chi connectivity index (χ4n) is 4.05. The van der Waals surface area contributed by atoms with Crippen molar-refractivity contribution < 1.29 is 18.0 Å². The number of nitrogens with one attached hydrogen (secondary N) is 1. The van der Waals surface area contributed by atoms with Crippen LogP contribution in [0.1, 0.15) is 64.5 Å². The highest BCUT2D eigenvalue weighted by molar-refractivity contribution is 7.12. The zero-order chi connectivity index (χ0) is 25.4. The fourth-order valence-corrected chi connectivity index (χ4v) is 4.78. The van der Waals surface area contributed by atoms with Crippen LogP contribution in [0.4, 0.5) is 13.2 Å². The van der Waals surface area contributed by atoms with Gasteiger partial charge in [-0.3, -0.25) is 4.79 Å². The molecule has 5 rings (SSSR count). The molecule has 10 heteroatoms. The standard InChI is InChI=1S/C26H24F3N5OS/c1-15(32-24(35)23-14-36-25(33-23)34-13-20(12-31-34)17-4-5-17)16-2-6-18(7-3-16)22-10-21(26(27,28)29)9-8-19(22)11-30/h2-3,6-10,12-15,17H,4-5,11,30H2,1H3,(H,32,35)/t15-/m1/s1. The molecule has 3 N–H and O–H groups in total. The van der Waals surface area contributed by atoms with Gasteiger partial charge in [0.25, 0.3) is 5.91 Å². The number of aromatic nitrogens is 3. The summed E-state index contributed by atoms with van der Waals surface area (Å²) in [5, 5.41) is 9.61. The molecule has 1 atom stereocenters. The van der Waals surface area contributed by atoms with Crippen LogP contribution >= 0.6 is 11.3 Å². The first-order chi connectivity index (χ1) is 17.2. The summed E-state index contributed by atoms with van der Waals surface area (Å²) in [6.07, 6.45) is 1.74. The Morgan fingerprint density at radius 3 is 2.64 bits per heavy atom. The van der Waals surface area contributed by atoms with Gasteiger partial charge in [0.1, 0.15) is 5.69 Å². The molecule has 2 aromatic heterocycles. The molecule has 1 amide bonds. The van der Waals surface area contributed by atoms with E-state index in [2.05, 4.69) is 15.4 Å². The predicted molar refractivity (Wildman–Crippen MR) is 132 cm³/mol. The van der Waals surface area contributed by atoms with Crippen molar-refractivity contribution >= 4 is 17.2 Å². The lowest BCUT2D eigenvalue weighted by atomic mass is 9.95. The smallest absolute Gasteiger partial charge is 0.344 e. The second kappa shape index (κ2) is 9.51. The van der Waals surface area contributed by atoms with Crippen LogP contribution in [0, 0.1) is 0 Å². The molecular weight excluding hydrogens is 487 g/mol. The molecular formula is C26H24F3N5OS. The fraction of sp³-hybridized carbons (Fsp3) is 0.269. The van der Waals surface area contributed by atoms with Gasteiger partial charge in [0.15, 0.2) is 0 Å². The van der Waals surface area contributed by atoms with Crippen LogP contribution in [0.15, 0.2) is 60.2 Å². The Labute approximate surface area is 210 Å². The second-order valence-corrected chi connectivity index (χ2v) is 9.74. The molecule has 0 bridgehead atoms. The van der Waals surface area contributed by atoms with Gasteiger partial charge in [0.2, 0.25) is 5.13 Å². The van der Waals surface area contributed by atoms with E-state index in [-0.39, 0.29) is 18.5 Å². The van der Waals surface area contributed by atoms with Gasteiger partial charge in [0.05, 0.1) is 17.8 Å². The van der Waals surface area contributed by atoms with Crippen LogP contribution in [0.25, 0.3) is 16.3 Å². The number of halogens is 3. The first-order valence-corrected chi connectivity index (χ1v) is 12.4. The number of nitrogens with zero attached hydrogens (tertiary/aromatic N) is 3. The van der Waals surface area contributed by atoms with Gasteiger partial charge < -0.3 is 11.1 Å². The average molecular weight is 512 g/mol. The van der Waals surface area contributed by atoms with E-state index in [1.54, 1.807) is 34.3 Å². The largest absolute Gasteiger partial charge is 0.416 e. The molecule has 2 heterocycles. The number of nitrogens with two attached hydrogens (primary N) is 1. The lowest BCUT2D eigenvalue weighted by Gasteiger charge is -2.16. The van der Waals surface area contributed by atoms with Crippen LogP contribution in [-0.4, -0.2) is 20.7 Å². The number of thiazole rings is 1. The van der Waals surface area contributed by atoms with Crippen molar-refractivity contribution in [2.45, 2.75) is 44.4 Å². The molecule has 0 spiro atoms. The minimum Gasteiger partial charge on any atom is -0.344 e. The molecule has 0 aliphatic heterocycles. The lowest BCUT2D eigenvalue weighted by Crippen LogP contribution is -2.26. The zero-order valence-electron chi connectivity index (χ0n) is 19.4. The quantitative estimate of drug-likeness (QED) is 0.326. The number of hydrogen-bond donors (Lipinski definition) is 2. The van der Waals surface area contributed by atoms with E-state index in [1.807, 2.05) is 19.3 Å². The molecule has 0 unspecified atom stereocenters. The summed E-state index contributed by atoms with van der Waals surface area (Å²) in [5.41, 5.74) is 9.02. The number of carbonyl (C=O) groups is 1. The Kier molecular flexibility index (Phi) is 6.40. The molecule has 1 saturated carbocycles. The summed E-state index contributed by atoms with van der Waals surface area (Å²) in [7, 11) is 0. The van der Waals surface area contributed by atoms with Gasteiger partial charge in [-0.25, -0.2) is 9.67 Å². The minimum atomic E-state index is -4.44. The average Bonchev–Trinajstić information content (AvgIpc) is 3.38. The first kappa shape index (κ1) is 24.2. The number of alkyl halides is 3. The van der Waals surface area contributed by atoms with Gasteiger partial charge in [-0.15, -0.1) is 11.3 Å². The molecule has 1 aliphatic carbocycles. The predicted octanol–water partition coefficient (Wildman–Crippen LogP) is 5.84. The van der Waals surface area contributed by atoms with Crippen molar-refractivity contribution in [3.63, 3.8) is 0 Å². The second-order valence-electron chi connectivity index (χ2n) is 8.90. The Hall–Kier alpha value is -3.50. The lowest BCUT2D eigenvalue weighted by molar-refractivity contribution is -0.137. The SMILES string of the molecule is C[C@@H](NC(=O)c1csc(-n2cc(C3CC3)cn2)n1)c1ccc(-c2cc(C(F)(F)F)ccc2CN)cc1. The maximum Gasteiger partial charge on any atom is 0.416 e. The molecule has 6 nitrogen and oxygen atoms in total. The Bertz CT molecular complexity index is 1390. The van der Waals surface area contributed by atoms with E-state index in [9.17, 15) is 18.0 Å². The zero-order valence-corrected chi connectivity index (χ0v) is 20.2. The summed E-state index contributed by atoms with van der Waals surface area (Å²) in [5.74, 6) is 0.274. The molecule has 1 fully saturated rings. The van der Waals surface area contributed by atoms with Crippen LogP contribution < -0.4 is 11.1 Å². The van der Waals surface area contributed by atoms with Crippen LogP contribution in [0.2, 0.25) is 0 Å². The van der Waals surface area contributed by atoms with Crippen molar-refractivity contribution in [1.82, 2.24) is 20.1 Å². The first-order valence-electron chi connectivity index (χ1n) is 11.5. The Morgan fingerprint density at radius 2 is 1.97 bits per heavy atom. The highest BCUT2D eigenvalue weighted by Crippen LogP contribution is 2.40. The summed E-state index contributed by atoms with van der Waals surface area (Å²) in [6, 6.07) is 10.3. The molecule has 1 aliphatic rings. The van der Waals surface area contributed by atoms with E-state index < -0.39 is 11.7 Å². The molecule has 36 heavy (non-hydrogen) atoms. The van der Waals surface area contributed by atoms with Crippen LogP contribution in [0.5, 0.6) is 0 Å². The number of amides is 1. The van der Waals surface area contributed by atoms with Gasteiger partial charge in [0, 0.05) is 18.1 Å². The van der Waals surface area contributed by atoms with E-state index in [0.29, 0.717) is 33.4 Å². The topological polar surface area (TPSA) is 85.8 Å². The van der Waals surface area contributed by atoms with E-state index in [4.69, 9.17) is 5.73 Å². The third kappa shape index (κ3) is 5.05. The van der Waals surface area contributed by atoms with Crippen molar-refractivity contribution in [1.29, 1.82) is 0 Å². The van der Waals surface area contributed by atoms with Gasteiger partial charge in [-0.1, -0.05) is 30.3 Å². The number of benzene rings is 2. The summed E-state index contributed by atoms with van der Waals surface area (Å²) in [6.45, 7) is 1.96. The molecule has 186 valence electrons. The molecule has 0 radical (unpaired) electrons. The van der Waals surface area contributed by atoms with Gasteiger partial charge >= 0.3 is 6.18 Å². The number of carbonyl (C=O) groups excluding carboxylic acids is 1. The maximum atomic E-state index is 13.2. The third-order valence-electron chi connectivity index (χ3n) is 6.30. The van der Waals surface area contributed by atoms with Crippen molar-refractivity contribution in [2.24, 2.45) is 5.73 Å². The summed E-state index contributed by atoms with van der Waals surface area (Å²) in [4.78, 5) is 17.2. The Balaban J connectivity index is 1.28. The maximum absolute atomic E-state index is 13.2. The molecule has 2 aromatic carbocycles. The van der Waals surface area contributed by atoms with Crippen molar-refractivity contribution in [3.05, 3.63) is 88.2 Å². The van der Waals surface area contributed by atoms with E-state index in [1.165, 1.54) is 35.8 Å². The van der Waals surface area contributed by atoms with E-state index >= 15 is 0 Å². The van der Waals surface area contributed by atoms with Crippen LogP contribution in [0.3, 0.4) is 0 Å². The summed E-state index contributed by atoms with van der Waals surface area (Å²) < 4.78 is 41.3. The van der Waals surface area contributed by atoms with Crippen molar-refractivity contribution in [2.75, 3.05) is 0 Å². The highest BCUT2D eigenvalue weighted by Gasteiger charge is 2.31. The van der Waals surface area contributed by atoms with Crippen molar-refractivity contribution in [3.8, 4) is 16.3 Å². The summed E-state index contributed by atoms with van der Waals surface area (Å²) >= 11 is 1.34. The molecule has 4 aromatic rings.